The van der Waals surface area contributed by atoms with Gasteiger partial charge in [-0.15, -0.1) is 0 Å². The molecule has 2 aromatic rings. The van der Waals surface area contributed by atoms with Gasteiger partial charge in [-0.1, -0.05) is 12.1 Å². The van der Waals surface area contributed by atoms with Crippen molar-refractivity contribution in [1.29, 1.82) is 5.26 Å². The van der Waals surface area contributed by atoms with E-state index < -0.39 is 18.0 Å². The smallest absolute Gasteiger partial charge is 0.407 e. The average Bonchev–Trinajstić information content (AvgIpc) is 2.96. The molecule has 0 fully saturated rings. The van der Waals surface area contributed by atoms with Crippen molar-refractivity contribution in [2.75, 3.05) is 0 Å². The first-order valence-corrected chi connectivity index (χ1v) is 7.62. The predicted octanol–water partition coefficient (Wildman–Crippen LogP) is 1.75. The largest absolute Gasteiger partial charge is 0.444 e. The van der Waals surface area contributed by atoms with E-state index in [0.29, 0.717) is 5.69 Å². The van der Waals surface area contributed by atoms with Crippen molar-refractivity contribution in [2.45, 2.75) is 39.2 Å². The van der Waals surface area contributed by atoms with E-state index in [1.807, 2.05) is 6.07 Å². The molecule has 0 radical (unpaired) electrons. The number of carbonyl (C=O) groups excluding carboxylic acids is 1. The number of nitriles is 1. The fourth-order valence-corrected chi connectivity index (χ4v) is 2.13. The first-order valence-electron chi connectivity index (χ1n) is 7.62. The second-order valence-electron chi connectivity index (χ2n) is 6.38. The molecule has 1 aromatic carbocycles. The number of hydrogen-bond acceptors (Lipinski definition) is 6. The molecule has 0 spiro atoms. The van der Waals surface area contributed by atoms with Crippen LogP contribution in [0.4, 0.5) is 4.79 Å². The topological polar surface area (TPSA) is 120 Å². The molecule has 3 N–H and O–H groups in total. The van der Waals surface area contributed by atoms with Gasteiger partial charge in [0.05, 0.1) is 5.69 Å². The number of hydrogen-bond donors (Lipinski definition) is 3. The zero-order chi connectivity index (χ0) is 18.6. The molecule has 0 atom stereocenters. The fraction of sp³-hybridized carbons (Fsp3) is 0.353. The number of nitrogens with one attached hydrogen (secondary N) is 1. The highest BCUT2D eigenvalue weighted by Crippen LogP contribution is 2.18. The van der Waals surface area contributed by atoms with Gasteiger partial charge in [-0.25, -0.2) is 9.48 Å². The molecule has 0 saturated heterocycles. The molecule has 1 aromatic heterocycles. The average molecular weight is 344 g/mol. The van der Waals surface area contributed by atoms with Crippen molar-refractivity contribution in [3.8, 4) is 11.8 Å². The summed E-state index contributed by atoms with van der Waals surface area (Å²) in [6.07, 6.45) is -2.30. The first-order chi connectivity index (χ1) is 11.7. The van der Waals surface area contributed by atoms with Crippen molar-refractivity contribution in [3.05, 3.63) is 47.3 Å². The van der Waals surface area contributed by atoms with Crippen LogP contribution in [-0.2, 0) is 11.3 Å². The van der Waals surface area contributed by atoms with E-state index >= 15 is 0 Å². The second kappa shape index (κ2) is 7.34. The monoisotopic (exact) mass is 344 g/mol. The highest BCUT2D eigenvalue weighted by Gasteiger charge is 2.17. The lowest BCUT2D eigenvalue weighted by Crippen LogP contribution is -2.32. The molecule has 8 nitrogen and oxygen atoms in total. The summed E-state index contributed by atoms with van der Waals surface area (Å²) in [5.41, 5.74) is 0.860. The SMILES string of the molecule is CC(C)(C)OC(=O)NCc1cccc(-n2nc(C#N)cc2C(O)O)c1. The molecule has 1 amide bonds. The molecule has 25 heavy (non-hydrogen) atoms. The first kappa shape index (κ1) is 18.4. The minimum atomic E-state index is -1.77. The Morgan fingerprint density at radius 1 is 1.40 bits per heavy atom. The van der Waals surface area contributed by atoms with E-state index in [0.717, 1.165) is 5.56 Å². The summed E-state index contributed by atoms with van der Waals surface area (Å²) in [4.78, 5) is 11.7. The highest BCUT2D eigenvalue weighted by atomic mass is 16.6. The Balaban J connectivity index is 2.18. The van der Waals surface area contributed by atoms with E-state index in [-0.39, 0.29) is 17.9 Å². The van der Waals surface area contributed by atoms with Crippen LogP contribution in [0.15, 0.2) is 30.3 Å². The van der Waals surface area contributed by atoms with Crippen LogP contribution in [0.2, 0.25) is 0 Å². The summed E-state index contributed by atoms with van der Waals surface area (Å²) in [7, 11) is 0. The summed E-state index contributed by atoms with van der Waals surface area (Å²) in [5, 5.41) is 34.5. The molecule has 132 valence electrons. The van der Waals surface area contributed by atoms with Crippen LogP contribution >= 0.6 is 0 Å². The molecule has 1 heterocycles. The third-order valence-electron chi connectivity index (χ3n) is 3.11. The van der Waals surface area contributed by atoms with Gasteiger partial charge in [0, 0.05) is 12.6 Å². The third-order valence-corrected chi connectivity index (χ3v) is 3.11. The Morgan fingerprint density at radius 3 is 2.72 bits per heavy atom. The van der Waals surface area contributed by atoms with Gasteiger partial charge in [0.25, 0.3) is 0 Å². The van der Waals surface area contributed by atoms with Crippen LogP contribution < -0.4 is 5.32 Å². The predicted molar refractivity (Wildman–Crippen MR) is 88.5 cm³/mol. The number of aliphatic hydroxyl groups is 2. The zero-order valence-corrected chi connectivity index (χ0v) is 14.2. The molecule has 0 aliphatic heterocycles. The minimum absolute atomic E-state index is 0.0698. The molecular weight excluding hydrogens is 324 g/mol. The van der Waals surface area contributed by atoms with Gasteiger partial charge in [-0.2, -0.15) is 10.4 Å². The maximum absolute atomic E-state index is 11.7. The number of aliphatic hydroxyl groups excluding tert-OH is 1. The summed E-state index contributed by atoms with van der Waals surface area (Å²) in [6, 6.07) is 10.1. The Bertz CT molecular complexity index is 800. The lowest BCUT2D eigenvalue weighted by atomic mass is 10.2. The molecular formula is C17H20N4O4. The van der Waals surface area contributed by atoms with Crippen molar-refractivity contribution in [2.24, 2.45) is 0 Å². The van der Waals surface area contributed by atoms with Crippen molar-refractivity contribution in [1.82, 2.24) is 15.1 Å². The van der Waals surface area contributed by atoms with Crippen molar-refractivity contribution in [3.63, 3.8) is 0 Å². The number of alkyl carbamates (subject to hydrolysis) is 1. The van der Waals surface area contributed by atoms with Crippen molar-refractivity contribution < 1.29 is 19.7 Å². The summed E-state index contributed by atoms with van der Waals surface area (Å²) >= 11 is 0. The third kappa shape index (κ3) is 5.04. The van der Waals surface area contributed by atoms with E-state index in [9.17, 15) is 15.0 Å². The van der Waals surface area contributed by atoms with Gasteiger partial charge in [-0.3, -0.25) is 0 Å². The van der Waals surface area contributed by atoms with Crippen LogP contribution in [0, 0.1) is 11.3 Å². The van der Waals surface area contributed by atoms with Gasteiger partial charge >= 0.3 is 6.09 Å². The van der Waals surface area contributed by atoms with Gasteiger partial charge < -0.3 is 20.3 Å². The molecule has 2 rings (SSSR count). The van der Waals surface area contributed by atoms with Crippen LogP contribution in [0.3, 0.4) is 0 Å². The molecule has 0 bridgehead atoms. The highest BCUT2D eigenvalue weighted by molar-refractivity contribution is 5.67. The van der Waals surface area contributed by atoms with E-state index in [4.69, 9.17) is 10.00 Å². The number of nitrogens with zero attached hydrogens (tertiary/aromatic N) is 3. The Kier molecular flexibility index (Phi) is 5.41. The van der Waals surface area contributed by atoms with Crippen LogP contribution in [-0.4, -0.2) is 31.7 Å². The molecule has 0 unspecified atom stereocenters. The van der Waals surface area contributed by atoms with Crippen LogP contribution in [0.25, 0.3) is 5.69 Å². The van der Waals surface area contributed by atoms with Gasteiger partial charge in [0.2, 0.25) is 0 Å². The maximum Gasteiger partial charge on any atom is 0.407 e. The van der Waals surface area contributed by atoms with E-state index in [1.165, 1.54) is 10.7 Å². The summed E-state index contributed by atoms with van der Waals surface area (Å²) in [6.45, 7) is 5.56. The standard InChI is InChI=1S/C17H20N4O4/c1-17(2,3)25-16(24)19-10-11-5-4-6-13(7-11)21-14(15(22)23)8-12(9-18)20-21/h4-8,15,22-23H,10H2,1-3H3,(H,19,24). The van der Waals surface area contributed by atoms with Gasteiger partial charge in [0.15, 0.2) is 12.0 Å². The molecule has 0 aliphatic carbocycles. The normalized spacial score (nSPS) is 11.2. The number of carbonyl (C=O) groups is 1. The number of benzene rings is 1. The lowest BCUT2D eigenvalue weighted by Gasteiger charge is -2.19. The lowest BCUT2D eigenvalue weighted by molar-refractivity contribution is -0.0475. The second-order valence-corrected chi connectivity index (χ2v) is 6.38. The number of rotatable bonds is 4. The minimum Gasteiger partial charge on any atom is -0.444 e. The maximum atomic E-state index is 11.7. The van der Waals surface area contributed by atoms with E-state index in [2.05, 4.69) is 10.4 Å². The van der Waals surface area contributed by atoms with Crippen LogP contribution in [0.1, 0.15) is 44.0 Å². The molecule has 0 aliphatic rings. The fourth-order valence-electron chi connectivity index (χ4n) is 2.13. The zero-order valence-electron chi connectivity index (χ0n) is 14.2. The Morgan fingerprint density at radius 2 is 2.12 bits per heavy atom. The summed E-state index contributed by atoms with van der Waals surface area (Å²) in [5.74, 6) is 0. The quantitative estimate of drug-likeness (QED) is 0.727. The van der Waals surface area contributed by atoms with Gasteiger partial charge in [0.1, 0.15) is 17.4 Å². The Hall–Kier alpha value is -2.89. The molecule has 0 saturated carbocycles. The number of ether oxygens (including phenoxy) is 1. The van der Waals surface area contributed by atoms with Crippen LogP contribution in [0.5, 0.6) is 0 Å². The summed E-state index contributed by atoms with van der Waals surface area (Å²) < 4.78 is 6.45. The van der Waals surface area contributed by atoms with Gasteiger partial charge in [-0.05, 0) is 38.5 Å². The number of aromatic nitrogens is 2. The van der Waals surface area contributed by atoms with Crippen molar-refractivity contribution >= 4 is 6.09 Å². The van der Waals surface area contributed by atoms with E-state index in [1.54, 1.807) is 45.0 Å². The molecule has 8 heteroatoms. The number of amides is 1. The Labute approximate surface area is 145 Å².